The lowest BCUT2D eigenvalue weighted by Gasteiger charge is -2.39. The van der Waals surface area contributed by atoms with Gasteiger partial charge < -0.3 is 15.6 Å². The van der Waals surface area contributed by atoms with Crippen LogP contribution in [0.2, 0.25) is 0 Å². The Hall–Kier alpha value is -3.05. The number of amides is 1. The van der Waals surface area contributed by atoms with E-state index in [-0.39, 0.29) is 4.90 Å². The summed E-state index contributed by atoms with van der Waals surface area (Å²) in [6, 6.07) is 15.7. The minimum absolute atomic E-state index is 0.0134. The van der Waals surface area contributed by atoms with E-state index in [9.17, 15) is 18.3 Å². The van der Waals surface area contributed by atoms with Crippen molar-refractivity contribution in [1.82, 2.24) is 14.6 Å². The van der Waals surface area contributed by atoms with Gasteiger partial charge in [0.25, 0.3) is 5.91 Å². The van der Waals surface area contributed by atoms with Gasteiger partial charge in [-0.2, -0.15) is 0 Å². The molecule has 2 heterocycles. The number of para-hydroxylation sites is 1. The second-order valence-corrected chi connectivity index (χ2v) is 10.5. The van der Waals surface area contributed by atoms with Crippen molar-refractivity contribution >= 4 is 26.8 Å². The summed E-state index contributed by atoms with van der Waals surface area (Å²) in [5.74, 6) is -0.478. The van der Waals surface area contributed by atoms with Crippen LogP contribution in [0.3, 0.4) is 0 Å². The summed E-state index contributed by atoms with van der Waals surface area (Å²) in [7, 11) is -3.99. The molecule has 186 valence electrons. The highest BCUT2D eigenvalue weighted by Crippen LogP contribution is 2.23. The number of hydrogen-bond donors (Lipinski definition) is 3. The van der Waals surface area contributed by atoms with Crippen LogP contribution < -0.4 is 15.2 Å². The van der Waals surface area contributed by atoms with Crippen LogP contribution in [0.15, 0.2) is 59.5 Å². The van der Waals surface area contributed by atoms with E-state index >= 15 is 0 Å². The maximum atomic E-state index is 12.8. The van der Waals surface area contributed by atoms with Gasteiger partial charge in [-0.05, 0) is 56.2 Å². The van der Waals surface area contributed by atoms with Crippen molar-refractivity contribution in [2.45, 2.75) is 43.4 Å². The number of aliphatic hydroxyl groups is 1. The molecule has 1 aromatic heterocycles. The zero-order valence-electron chi connectivity index (χ0n) is 19.6. The molecule has 3 aromatic rings. The number of primary amides is 1. The number of carbonyl (C=O) groups excluding carboxylic acids is 1. The molecule has 1 aliphatic rings. The number of aromatic nitrogens is 1. The average molecular weight is 499 g/mol. The second-order valence-electron chi connectivity index (χ2n) is 8.75. The van der Waals surface area contributed by atoms with Crippen LogP contribution in [0.1, 0.15) is 30.5 Å². The summed E-state index contributed by atoms with van der Waals surface area (Å²) in [4.78, 5) is 18.0. The third kappa shape index (κ3) is 5.62. The maximum Gasteiger partial charge on any atom is 0.266 e. The maximum absolute atomic E-state index is 12.8. The van der Waals surface area contributed by atoms with Crippen molar-refractivity contribution in [2.24, 2.45) is 5.73 Å². The molecule has 10 heteroatoms. The van der Waals surface area contributed by atoms with Crippen molar-refractivity contribution in [3.05, 3.63) is 65.9 Å². The highest BCUT2D eigenvalue weighted by atomic mass is 32.2. The molecule has 0 aliphatic carbocycles. The van der Waals surface area contributed by atoms with Crippen molar-refractivity contribution in [3.8, 4) is 5.75 Å². The number of hydrogen-bond acceptors (Lipinski definition) is 7. The Morgan fingerprint density at radius 1 is 1.14 bits per heavy atom. The first-order chi connectivity index (χ1) is 16.7. The molecule has 1 fully saturated rings. The Morgan fingerprint density at radius 3 is 2.51 bits per heavy atom. The third-order valence-corrected chi connectivity index (χ3v) is 7.66. The van der Waals surface area contributed by atoms with Gasteiger partial charge in [-0.3, -0.25) is 14.7 Å². The molecule has 0 radical (unpaired) electrons. The fourth-order valence-electron chi connectivity index (χ4n) is 4.29. The predicted molar refractivity (Wildman–Crippen MR) is 132 cm³/mol. The number of nitrogens with zero attached hydrogens (tertiary/aromatic N) is 2. The smallest absolute Gasteiger partial charge is 0.266 e. The van der Waals surface area contributed by atoms with Gasteiger partial charge in [-0.15, -0.1) is 0 Å². The van der Waals surface area contributed by atoms with E-state index in [4.69, 9.17) is 10.5 Å². The molecule has 9 nitrogen and oxygen atoms in total. The zero-order chi connectivity index (χ0) is 25.1. The topological polar surface area (TPSA) is 135 Å². The lowest BCUT2D eigenvalue weighted by atomic mass is 10.1. The van der Waals surface area contributed by atoms with Crippen molar-refractivity contribution in [1.29, 1.82) is 0 Å². The average Bonchev–Trinajstić information content (AvgIpc) is 2.86. The molecule has 1 unspecified atom stereocenters. The lowest BCUT2D eigenvalue weighted by Crippen LogP contribution is -2.64. The Labute approximate surface area is 205 Å². The van der Waals surface area contributed by atoms with Gasteiger partial charge in [0.05, 0.1) is 17.0 Å². The molecule has 4 N–H and O–H groups in total. The first-order valence-corrected chi connectivity index (χ1v) is 13.0. The first kappa shape index (κ1) is 25.1. The summed E-state index contributed by atoms with van der Waals surface area (Å²) in [5, 5.41) is 11.8. The number of nitrogens with one attached hydrogen (secondary N) is 1. The van der Waals surface area contributed by atoms with Gasteiger partial charge in [-0.25, -0.2) is 13.1 Å². The number of piperidine rings is 1. The quantitative estimate of drug-likeness (QED) is 0.411. The molecule has 0 spiro atoms. The van der Waals surface area contributed by atoms with Crippen LogP contribution in [0, 0.1) is 6.92 Å². The monoisotopic (exact) mass is 498 g/mol. The Morgan fingerprint density at radius 2 is 1.83 bits per heavy atom. The predicted octanol–water partition coefficient (Wildman–Crippen LogP) is 2.06. The number of nitrogens with two attached hydrogens (primary N) is 1. The summed E-state index contributed by atoms with van der Waals surface area (Å²) in [6.45, 7) is 2.64. The van der Waals surface area contributed by atoms with Crippen LogP contribution >= 0.6 is 0 Å². The SMILES string of the molecule is Cc1cc(COc2ccc(S(=O)(=O)NCC(O)(C(N)=O)N3CCCCC3)cc2)c2ccccc2n1. The van der Waals surface area contributed by atoms with Gasteiger partial charge >= 0.3 is 0 Å². The summed E-state index contributed by atoms with van der Waals surface area (Å²) < 4.78 is 33.9. The van der Waals surface area contributed by atoms with Gasteiger partial charge in [0.1, 0.15) is 12.4 Å². The van der Waals surface area contributed by atoms with Gasteiger partial charge in [-0.1, -0.05) is 24.6 Å². The van der Waals surface area contributed by atoms with Crippen LogP contribution in [0.5, 0.6) is 5.75 Å². The fraction of sp³-hybridized carbons (Fsp3) is 0.360. The van der Waals surface area contributed by atoms with E-state index in [0.29, 0.717) is 25.4 Å². The van der Waals surface area contributed by atoms with E-state index in [1.165, 1.54) is 17.0 Å². The van der Waals surface area contributed by atoms with Crippen molar-refractivity contribution in [2.75, 3.05) is 19.6 Å². The number of aryl methyl sites for hydroxylation is 1. The molecular weight excluding hydrogens is 468 g/mol. The minimum Gasteiger partial charge on any atom is -0.489 e. The Bertz CT molecular complexity index is 1310. The summed E-state index contributed by atoms with van der Waals surface area (Å²) in [6.07, 6.45) is 2.60. The van der Waals surface area contributed by atoms with Gasteiger partial charge in [0.15, 0.2) is 0 Å². The number of sulfonamides is 1. The van der Waals surface area contributed by atoms with Crippen molar-refractivity contribution < 1.29 is 23.1 Å². The standard InChI is InChI=1S/C25H30N4O5S/c1-18-15-19(22-7-3-4-8-23(22)28-18)16-34-20-9-11-21(12-10-20)35(32,33)27-17-25(31,24(26)30)29-13-5-2-6-14-29/h3-4,7-12,15,27,31H,2,5-6,13-14,16-17H2,1H3,(H2,26,30). The van der Waals surface area contributed by atoms with Crippen LogP contribution in [-0.2, 0) is 21.4 Å². The van der Waals surface area contributed by atoms with Gasteiger partial charge in [0.2, 0.25) is 15.7 Å². The molecule has 0 bridgehead atoms. The molecule has 1 aliphatic heterocycles. The molecular formula is C25H30N4O5S. The number of ether oxygens (including phenoxy) is 1. The second kappa shape index (κ2) is 10.3. The molecule has 35 heavy (non-hydrogen) atoms. The number of carbonyl (C=O) groups is 1. The molecule has 2 aromatic carbocycles. The van der Waals surface area contributed by atoms with E-state index in [1.807, 2.05) is 37.3 Å². The minimum atomic E-state index is -3.99. The number of rotatable bonds is 9. The van der Waals surface area contributed by atoms with E-state index < -0.39 is 28.2 Å². The molecule has 1 amide bonds. The summed E-state index contributed by atoms with van der Waals surface area (Å²) in [5.41, 5.74) is 6.10. The molecule has 1 saturated heterocycles. The van der Waals surface area contributed by atoms with E-state index in [2.05, 4.69) is 9.71 Å². The van der Waals surface area contributed by atoms with Gasteiger partial charge in [0, 0.05) is 29.7 Å². The number of fused-ring (bicyclic) bond motifs is 1. The van der Waals surface area contributed by atoms with E-state index in [0.717, 1.165) is 41.4 Å². The fourth-order valence-corrected chi connectivity index (χ4v) is 5.34. The van der Waals surface area contributed by atoms with Crippen molar-refractivity contribution in [3.63, 3.8) is 0 Å². The number of benzene rings is 2. The highest BCUT2D eigenvalue weighted by Gasteiger charge is 2.42. The summed E-state index contributed by atoms with van der Waals surface area (Å²) >= 11 is 0. The zero-order valence-corrected chi connectivity index (χ0v) is 20.4. The van der Waals surface area contributed by atoms with Crippen LogP contribution in [-0.4, -0.2) is 54.7 Å². The number of pyridine rings is 1. The Kier molecular flexibility index (Phi) is 7.36. The third-order valence-electron chi connectivity index (χ3n) is 6.24. The molecule has 0 saturated carbocycles. The van der Waals surface area contributed by atoms with Crippen LogP contribution in [0.4, 0.5) is 0 Å². The highest BCUT2D eigenvalue weighted by molar-refractivity contribution is 7.89. The normalized spacial score (nSPS) is 16.6. The largest absolute Gasteiger partial charge is 0.489 e. The molecule has 4 rings (SSSR count). The Balaban J connectivity index is 1.43. The van der Waals surface area contributed by atoms with E-state index in [1.54, 1.807) is 12.1 Å². The number of likely N-dealkylation sites (tertiary alicyclic amines) is 1. The lowest BCUT2D eigenvalue weighted by molar-refractivity contribution is -0.160. The van der Waals surface area contributed by atoms with Crippen LogP contribution in [0.25, 0.3) is 10.9 Å². The first-order valence-electron chi connectivity index (χ1n) is 11.5. The molecule has 1 atom stereocenters.